The van der Waals surface area contributed by atoms with Crippen LogP contribution < -0.4 is 5.32 Å². The third-order valence-electron chi connectivity index (χ3n) is 4.56. The third-order valence-corrected chi connectivity index (χ3v) is 4.56. The highest BCUT2D eigenvalue weighted by Crippen LogP contribution is 2.25. The average molecular weight is 346 g/mol. The van der Waals surface area contributed by atoms with Crippen LogP contribution in [0.5, 0.6) is 0 Å². The molecule has 1 aromatic rings. The lowest BCUT2D eigenvalue weighted by Crippen LogP contribution is -2.49. The van der Waals surface area contributed by atoms with Crippen molar-refractivity contribution in [2.24, 2.45) is 5.41 Å². The molecular weight excluding hydrogens is 316 g/mol. The van der Waals surface area contributed by atoms with Crippen molar-refractivity contribution in [2.45, 2.75) is 58.6 Å². The summed E-state index contributed by atoms with van der Waals surface area (Å²) in [5.74, 6) is -0.157. The molecule has 138 valence electrons. The fourth-order valence-electron chi connectivity index (χ4n) is 3.17. The summed E-state index contributed by atoms with van der Waals surface area (Å²) in [5.41, 5.74) is -0.490. The molecule has 0 radical (unpaired) electrons. The Morgan fingerprint density at radius 3 is 2.44 bits per heavy atom. The van der Waals surface area contributed by atoms with E-state index in [0.717, 1.165) is 12.0 Å². The van der Waals surface area contributed by atoms with Crippen LogP contribution >= 0.6 is 0 Å². The second kappa shape index (κ2) is 7.56. The van der Waals surface area contributed by atoms with Crippen LogP contribution in [0.3, 0.4) is 0 Å². The van der Waals surface area contributed by atoms with Crippen LogP contribution in [0.1, 0.15) is 52.5 Å². The molecule has 2 rings (SSSR count). The van der Waals surface area contributed by atoms with E-state index in [1.807, 2.05) is 51.1 Å². The van der Waals surface area contributed by atoms with Crippen LogP contribution in [0.2, 0.25) is 0 Å². The Bertz CT molecular complexity index is 605. The topological polar surface area (TPSA) is 69.6 Å². The normalized spacial score (nSPS) is 20.2. The molecule has 25 heavy (non-hydrogen) atoms. The standard InChI is InChI=1S/C20H30N2O3/c1-19(2,3)13-17(23)22-12-8-11-16(22)18(24)21-14-20(4,25)15-9-6-5-7-10-15/h5-7,9-10,16,25H,8,11-14H2,1-4H3,(H,21,24). The second-order valence-electron chi connectivity index (χ2n) is 8.34. The molecule has 1 aliphatic rings. The van der Waals surface area contributed by atoms with Gasteiger partial charge in [-0.15, -0.1) is 0 Å². The Hall–Kier alpha value is -1.88. The van der Waals surface area contributed by atoms with E-state index in [9.17, 15) is 14.7 Å². The summed E-state index contributed by atoms with van der Waals surface area (Å²) >= 11 is 0. The van der Waals surface area contributed by atoms with Crippen LogP contribution in [-0.2, 0) is 15.2 Å². The molecule has 2 atom stereocenters. The van der Waals surface area contributed by atoms with E-state index < -0.39 is 11.6 Å². The zero-order valence-electron chi connectivity index (χ0n) is 15.7. The first-order valence-electron chi connectivity index (χ1n) is 8.95. The van der Waals surface area contributed by atoms with Gasteiger partial charge < -0.3 is 15.3 Å². The zero-order chi connectivity index (χ0) is 18.7. The SMILES string of the molecule is CC(C)(C)CC(=O)N1CCCC1C(=O)NCC(C)(O)c1ccccc1. The summed E-state index contributed by atoms with van der Waals surface area (Å²) in [6, 6.07) is 8.84. The molecule has 2 unspecified atom stereocenters. The lowest BCUT2D eigenvalue weighted by Gasteiger charge is -2.29. The molecule has 1 aliphatic heterocycles. The first-order chi connectivity index (χ1) is 11.6. The van der Waals surface area contributed by atoms with Gasteiger partial charge in [-0.05, 0) is 30.7 Å². The number of amides is 2. The van der Waals surface area contributed by atoms with E-state index in [2.05, 4.69) is 5.32 Å². The molecule has 0 aromatic heterocycles. The van der Waals surface area contributed by atoms with Crippen molar-refractivity contribution >= 4 is 11.8 Å². The zero-order valence-corrected chi connectivity index (χ0v) is 15.7. The lowest BCUT2D eigenvalue weighted by molar-refractivity contribution is -0.140. The smallest absolute Gasteiger partial charge is 0.242 e. The number of hydrogen-bond donors (Lipinski definition) is 2. The van der Waals surface area contributed by atoms with Gasteiger partial charge in [0.25, 0.3) is 0 Å². The van der Waals surface area contributed by atoms with E-state index in [1.54, 1.807) is 11.8 Å². The first-order valence-corrected chi connectivity index (χ1v) is 8.95. The maximum Gasteiger partial charge on any atom is 0.242 e. The van der Waals surface area contributed by atoms with E-state index in [-0.39, 0.29) is 23.8 Å². The predicted molar refractivity (Wildman–Crippen MR) is 97.8 cm³/mol. The molecule has 5 nitrogen and oxygen atoms in total. The van der Waals surface area contributed by atoms with Gasteiger partial charge in [0, 0.05) is 13.0 Å². The van der Waals surface area contributed by atoms with E-state index in [1.165, 1.54) is 0 Å². The minimum absolute atomic E-state index is 0.0277. The monoisotopic (exact) mass is 346 g/mol. The molecule has 2 N–H and O–H groups in total. The molecule has 2 amide bonds. The van der Waals surface area contributed by atoms with Crippen molar-refractivity contribution in [3.8, 4) is 0 Å². The number of nitrogens with zero attached hydrogens (tertiary/aromatic N) is 1. The van der Waals surface area contributed by atoms with Crippen LogP contribution in [-0.4, -0.2) is 41.0 Å². The fourth-order valence-corrected chi connectivity index (χ4v) is 3.17. The van der Waals surface area contributed by atoms with Gasteiger partial charge in [-0.25, -0.2) is 0 Å². The van der Waals surface area contributed by atoms with Gasteiger partial charge in [0.05, 0.1) is 6.54 Å². The maximum atomic E-state index is 12.6. The number of aliphatic hydroxyl groups is 1. The van der Waals surface area contributed by atoms with Gasteiger partial charge in [-0.1, -0.05) is 51.1 Å². The van der Waals surface area contributed by atoms with Crippen LogP contribution in [0.25, 0.3) is 0 Å². The maximum absolute atomic E-state index is 12.6. The number of hydrogen-bond acceptors (Lipinski definition) is 3. The lowest BCUT2D eigenvalue weighted by atomic mass is 9.91. The molecule has 0 saturated carbocycles. The fraction of sp³-hybridized carbons (Fsp3) is 0.600. The average Bonchev–Trinajstić information content (AvgIpc) is 3.02. The summed E-state index contributed by atoms with van der Waals surface area (Å²) in [4.78, 5) is 26.8. The third kappa shape index (κ3) is 5.30. The van der Waals surface area contributed by atoms with Crippen molar-refractivity contribution in [3.05, 3.63) is 35.9 Å². The Labute approximate surface area is 150 Å². The number of benzene rings is 1. The number of likely N-dealkylation sites (tertiary alicyclic amines) is 1. The van der Waals surface area contributed by atoms with Crippen molar-refractivity contribution in [1.82, 2.24) is 10.2 Å². The Morgan fingerprint density at radius 2 is 1.84 bits per heavy atom. The van der Waals surface area contributed by atoms with Crippen molar-refractivity contribution in [1.29, 1.82) is 0 Å². The first kappa shape index (κ1) is 19.4. The Balaban J connectivity index is 1.96. The van der Waals surface area contributed by atoms with Gasteiger partial charge in [-0.3, -0.25) is 9.59 Å². The molecule has 1 saturated heterocycles. The minimum atomic E-state index is -1.14. The van der Waals surface area contributed by atoms with E-state index in [0.29, 0.717) is 19.4 Å². The molecule has 5 heteroatoms. The molecule has 0 bridgehead atoms. The molecule has 1 aromatic carbocycles. The Morgan fingerprint density at radius 1 is 1.20 bits per heavy atom. The quantitative estimate of drug-likeness (QED) is 0.860. The van der Waals surface area contributed by atoms with Gasteiger partial charge in [-0.2, -0.15) is 0 Å². The number of rotatable bonds is 5. The van der Waals surface area contributed by atoms with Gasteiger partial charge in [0.2, 0.25) is 11.8 Å². The summed E-state index contributed by atoms with van der Waals surface area (Å²) in [6.07, 6.45) is 1.94. The van der Waals surface area contributed by atoms with Crippen molar-refractivity contribution in [3.63, 3.8) is 0 Å². The van der Waals surface area contributed by atoms with E-state index in [4.69, 9.17) is 0 Å². The summed E-state index contributed by atoms with van der Waals surface area (Å²) in [6.45, 7) is 8.49. The van der Waals surface area contributed by atoms with E-state index >= 15 is 0 Å². The minimum Gasteiger partial charge on any atom is -0.384 e. The van der Waals surface area contributed by atoms with Gasteiger partial charge in [0.15, 0.2) is 0 Å². The molecule has 1 heterocycles. The number of carbonyl (C=O) groups is 2. The molecular formula is C20H30N2O3. The summed E-state index contributed by atoms with van der Waals surface area (Å²) in [5, 5.41) is 13.4. The van der Waals surface area contributed by atoms with Crippen LogP contribution in [0, 0.1) is 5.41 Å². The van der Waals surface area contributed by atoms with Crippen LogP contribution in [0.4, 0.5) is 0 Å². The largest absolute Gasteiger partial charge is 0.384 e. The summed E-state index contributed by atoms with van der Waals surface area (Å²) < 4.78 is 0. The highest BCUT2D eigenvalue weighted by Gasteiger charge is 2.36. The molecule has 1 fully saturated rings. The molecule has 0 spiro atoms. The van der Waals surface area contributed by atoms with Crippen LogP contribution in [0.15, 0.2) is 30.3 Å². The second-order valence-corrected chi connectivity index (χ2v) is 8.34. The highest BCUT2D eigenvalue weighted by atomic mass is 16.3. The number of nitrogens with one attached hydrogen (secondary N) is 1. The molecule has 0 aliphatic carbocycles. The number of carbonyl (C=O) groups excluding carboxylic acids is 2. The van der Waals surface area contributed by atoms with Gasteiger partial charge >= 0.3 is 0 Å². The van der Waals surface area contributed by atoms with Gasteiger partial charge in [0.1, 0.15) is 11.6 Å². The van der Waals surface area contributed by atoms with Crippen molar-refractivity contribution in [2.75, 3.05) is 13.1 Å². The van der Waals surface area contributed by atoms with Crippen molar-refractivity contribution < 1.29 is 14.7 Å². The summed E-state index contributed by atoms with van der Waals surface area (Å²) in [7, 11) is 0. The highest BCUT2D eigenvalue weighted by molar-refractivity contribution is 5.88. The Kier molecular flexibility index (Phi) is 5.88. The predicted octanol–water partition coefficient (Wildman–Crippen LogP) is 2.44.